The number of hydrogen-bond donors (Lipinski definition) is 2. The van der Waals surface area contributed by atoms with Crippen molar-refractivity contribution in [3.63, 3.8) is 0 Å². The monoisotopic (exact) mass is 262 g/mol. The molecule has 0 fully saturated rings. The van der Waals surface area contributed by atoms with E-state index in [-0.39, 0.29) is 6.04 Å². The van der Waals surface area contributed by atoms with Crippen LogP contribution in [0, 0.1) is 25.2 Å². The van der Waals surface area contributed by atoms with E-state index in [1.807, 2.05) is 0 Å². The van der Waals surface area contributed by atoms with Crippen LogP contribution in [0.25, 0.3) is 0 Å². The summed E-state index contributed by atoms with van der Waals surface area (Å²) in [5.41, 5.74) is 7.33. The normalized spacial score (nSPS) is 15.3. The maximum absolute atomic E-state index is 5.77. The highest BCUT2D eigenvalue weighted by atomic mass is 15.2. The van der Waals surface area contributed by atoms with Crippen molar-refractivity contribution in [2.45, 2.75) is 60.4 Å². The zero-order valence-corrected chi connectivity index (χ0v) is 13.4. The van der Waals surface area contributed by atoms with E-state index in [1.165, 1.54) is 23.1 Å². The zero-order chi connectivity index (χ0) is 14.6. The van der Waals surface area contributed by atoms with E-state index in [9.17, 15) is 0 Å². The Morgan fingerprint density at radius 1 is 1.21 bits per heavy atom. The van der Waals surface area contributed by atoms with Crippen molar-refractivity contribution < 1.29 is 0 Å². The molecule has 0 spiro atoms. The fourth-order valence-electron chi connectivity index (χ4n) is 3.03. The van der Waals surface area contributed by atoms with Gasteiger partial charge in [0.05, 0.1) is 0 Å². The maximum atomic E-state index is 5.77. The molecule has 1 aromatic rings. The van der Waals surface area contributed by atoms with Gasteiger partial charge in [0.15, 0.2) is 0 Å². The van der Waals surface area contributed by atoms with Crippen LogP contribution in [0.5, 0.6) is 0 Å². The smallest absolute Gasteiger partial charge is 0.0465 e. The van der Waals surface area contributed by atoms with Crippen LogP contribution in [0.3, 0.4) is 0 Å². The van der Waals surface area contributed by atoms with Gasteiger partial charge >= 0.3 is 0 Å². The van der Waals surface area contributed by atoms with Crippen LogP contribution in [-0.4, -0.2) is 0 Å². The highest BCUT2D eigenvalue weighted by Crippen LogP contribution is 2.31. The average molecular weight is 262 g/mol. The van der Waals surface area contributed by atoms with Crippen molar-refractivity contribution in [2.75, 3.05) is 0 Å². The van der Waals surface area contributed by atoms with Crippen LogP contribution < -0.4 is 11.3 Å². The summed E-state index contributed by atoms with van der Waals surface area (Å²) in [6.45, 7) is 13.5. The van der Waals surface area contributed by atoms with Crippen LogP contribution in [0.2, 0.25) is 0 Å². The lowest BCUT2D eigenvalue weighted by atomic mass is 9.81. The second-order valence-electron chi connectivity index (χ2n) is 7.18. The lowest BCUT2D eigenvalue weighted by Crippen LogP contribution is -2.30. The highest BCUT2D eigenvalue weighted by Gasteiger charge is 2.20. The van der Waals surface area contributed by atoms with Gasteiger partial charge in [0.25, 0.3) is 0 Å². The first-order valence-electron chi connectivity index (χ1n) is 7.26. The molecule has 0 saturated heterocycles. The topological polar surface area (TPSA) is 38.0 Å². The molecule has 2 unspecified atom stereocenters. The van der Waals surface area contributed by atoms with E-state index in [0.717, 1.165) is 6.42 Å². The third-order valence-electron chi connectivity index (χ3n) is 3.60. The molecule has 0 amide bonds. The first-order chi connectivity index (χ1) is 8.73. The first kappa shape index (κ1) is 16.2. The Bertz CT molecular complexity index is 404. The van der Waals surface area contributed by atoms with E-state index < -0.39 is 0 Å². The molecule has 0 saturated carbocycles. The summed E-state index contributed by atoms with van der Waals surface area (Å²) in [5.74, 6) is 6.43. The number of nitrogens with two attached hydrogens (primary N) is 1. The summed E-state index contributed by atoms with van der Waals surface area (Å²) in [6.07, 6.45) is 2.30. The average Bonchev–Trinajstić information content (AvgIpc) is 2.24. The minimum atomic E-state index is 0.248. The summed E-state index contributed by atoms with van der Waals surface area (Å²) >= 11 is 0. The molecule has 1 rings (SSSR count). The summed E-state index contributed by atoms with van der Waals surface area (Å²) < 4.78 is 0. The predicted octanol–water partition coefficient (Wildman–Crippen LogP) is 4.27. The standard InChI is InChI=1S/C17H30N2/c1-12-7-8-15(14(3)9-12)16(19-18)10-13(2)11-17(4,5)6/h7-9,13,16,19H,10-11,18H2,1-6H3. The van der Waals surface area contributed by atoms with Crippen molar-refractivity contribution in [3.8, 4) is 0 Å². The van der Waals surface area contributed by atoms with Crippen LogP contribution >= 0.6 is 0 Å². The molecule has 1 aromatic carbocycles. The summed E-state index contributed by atoms with van der Waals surface area (Å²) in [5, 5.41) is 0. The second kappa shape index (κ2) is 6.53. The van der Waals surface area contributed by atoms with Crippen molar-refractivity contribution in [1.82, 2.24) is 5.43 Å². The van der Waals surface area contributed by atoms with Gasteiger partial charge in [-0.05, 0) is 49.1 Å². The van der Waals surface area contributed by atoms with Gasteiger partial charge in [-0.1, -0.05) is 51.5 Å². The van der Waals surface area contributed by atoms with Gasteiger partial charge < -0.3 is 0 Å². The number of hydrogen-bond acceptors (Lipinski definition) is 2. The van der Waals surface area contributed by atoms with Crippen LogP contribution in [0.15, 0.2) is 18.2 Å². The summed E-state index contributed by atoms with van der Waals surface area (Å²) in [4.78, 5) is 0. The molecular formula is C17H30N2. The Morgan fingerprint density at radius 2 is 1.84 bits per heavy atom. The fraction of sp³-hybridized carbons (Fsp3) is 0.647. The molecule has 0 aliphatic rings. The van der Waals surface area contributed by atoms with E-state index in [0.29, 0.717) is 11.3 Å². The number of hydrazine groups is 1. The van der Waals surface area contributed by atoms with Crippen molar-refractivity contribution in [3.05, 3.63) is 34.9 Å². The minimum Gasteiger partial charge on any atom is -0.271 e. The van der Waals surface area contributed by atoms with Crippen LogP contribution in [0.4, 0.5) is 0 Å². The SMILES string of the molecule is Cc1ccc(C(CC(C)CC(C)(C)C)NN)c(C)c1. The molecule has 3 N–H and O–H groups in total. The fourth-order valence-corrected chi connectivity index (χ4v) is 3.03. The predicted molar refractivity (Wildman–Crippen MR) is 83.8 cm³/mol. The molecule has 0 aromatic heterocycles. The Morgan fingerprint density at radius 3 is 2.32 bits per heavy atom. The van der Waals surface area contributed by atoms with Gasteiger partial charge in [-0.25, -0.2) is 0 Å². The van der Waals surface area contributed by atoms with Gasteiger partial charge in [-0.3, -0.25) is 11.3 Å². The molecule has 0 aliphatic carbocycles. The summed E-state index contributed by atoms with van der Waals surface area (Å²) in [6, 6.07) is 6.85. The third kappa shape index (κ3) is 5.33. The van der Waals surface area contributed by atoms with Gasteiger partial charge in [0.2, 0.25) is 0 Å². The quantitative estimate of drug-likeness (QED) is 0.614. The van der Waals surface area contributed by atoms with E-state index in [4.69, 9.17) is 5.84 Å². The second-order valence-corrected chi connectivity index (χ2v) is 7.18. The minimum absolute atomic E-state index is 0.248. The van der Waals surface area contributed by atoms with Gasteiger partial charge in [-0.2, -0.15) is 0 Å². The van der Waals surface area contributed by atoms with Gasteiger partial charge in [0.1, 0.15) is 0 Å². The van der Waals surface area contributed by atoms with Crippen molar-refractivity contribution >= 4 is 0 Å². The largest absolute Gasteiger partial charge is 0.271 e. The Kier molecular flexibility index (Phi) is 5.57. The molecule has 108 valence electrons. The van der Waals surface area contributed by atoms with Crippen molar-refractivity contribution in [1.29, 1.82) is 0 Å². The molecule has 0 bridgehead atoms. The molecule has 19 heavy (non-hydrogen) atoms. The maximum Gasteiger partial charge on any atom is 0.0465 e. The molecule has 0 aliphatic heterocycles. The lowest BCUT2D eigenvalue weighted by molar-refractivity contribution is 0.276. The number of rotatable bonds is 5. The highest BCUT2D eigenvalue weighted by molar-refractivity contribution is 5.32. The van der Waals surface area contributed by atoms with Crippen molar-refractivity contribution in [2.24, 2.45) is 17.2 Å². The molecule has 2 nitrogen and oxygen atoms in total. The summed E-state index contributed by atoms with van der Waals surface area (Å²) in [7, 11) is 0. The van der Waals surface area contributed by atoms with E-state index >= 15 is 0 Å². The molecule has 2 heteroatoms. The molecule has 0 radical (unpaired) electrons. The number of nitrogens with one attached hydrogen (secondary N) is 1. The van der Waals surface area contributed by atoms with Crippen LogP contribution in [0.1, 0.15) is 63.3 Å². The van der Waals surface area contributed by atoms with Crippen LogP contribution in [-0.2, 0) is 0 Å². The molecular weight excluding hydrogens is 232 g/mol. The van der Waals surface area contributed by atoms with Gasteiger partial charge in [0, 0.05) is 6.04 Å². The zero-order valence-electron chi connectivity index (χ0n) is 13.4. The number of benzene rings is 1. The first-order valence-corrected chi connectivity index (χ1v) is 7.26. The molecule has 0 heterocycles. The Labute approximate surface area is 118 Å². The van der Waals surface area contributed by atoms with E-state index in [2.05, 4.69) is 65.2 Å². The van der Waals surface area contributed by atoms with E-state index in [1.54, 1.807) is 0 Å². The number of aryl methyl sites for hydroxylation is 2. The van der Waals surface area contributed by atoms with Gasteiger partial charge in [-0.15, -0.1) is 0 Å². The molecule has 2 atom stereocenters. The Hall–Kier alpha value is -0.860. The Balaban J connectivity index is 2.78. The third-order valence-corrected chi connectivity index (χ3v) is 3.60. The lowest BCUT2D eigenvalue weighted by Gasteiger charge is -2.27.